The number of ether oxygens (including phenoxy) is 2. The first-order valence-corrected chi connectivity index (χ1v) is 13.0. The van der Waals surface area contributed by atoms with Gasteiger partial charge in [0.05, 0.1) is 11.6 Å². The highest BCUT2D eigenvalue weighted by Crippen LogP contribution is 2.32. The first-order chi connectivity index (χ1) is 16.5. The molecule has 3 aliphatic rings. The number of aliphatic imine (C=N–C) groups is 1. The van der Waals surface area contributed by atoms with E-state index in [0.717, 1.165) is 95.1 Å². The maximum atomic E-state index is 6.58. The van der Waals surface area contributed by atoms with Crippen LogP contribution in [0.1, 0.15) is 63.4 Å². The molecule has 3 N–H and O–H groups in total. The number of halogens is 1. The number of anilines is 1. The number of nitrogens with zero attached hydrogens (tertiary/aromatic N) is 3. The van der Waals surface area contributed by atoms with E-state index >= 15 is 0 Å². The first-order valence-electron chi connectivity index (χ1n) is 12.6. The van der Waals surface area contributed by atoms with E-state index in [2.05, 4.69) is 39.1 Å². The van der Waals surface area contributed by atoms with Gasteiger partial charge in [-0.05, 0) is 55.6 Å². The van der Waals surface area contributed by atoms with Crippen LogP contribution < -0.4 is 16.1 Å². The Morgan fingerprint density at radius 2 is 2.00 bits per heavy atom. The van der Waals surface area contributed by atoms with Gasteiger partial charge < -0.3 is 20.1 Å². The molecule has 2 fully saturated rings. The number of rotatable bonds is 9. The van der Waals surface area contributed by atoms with E-state index in [9.17, 15) is 0 Å². The molecule has 4 rings (SSSR count). The molecule has 1 aliphatic carbocycles. The summed E-state index contributed by atoms with van der Waals surface area (Å²) in [6.45, 7) is 6.41. The average Bonchev–Trinajstić information content (AvgIpc) is 2.86. The Morgan fingerprint density at radius 3 is 2.76 bits per heavy atom. The van der Waals surface area contributed by atoms with Crippen molar-refractivity contribution in [2.24, 2.45) is 15.5 Å². The molecule has 34 heavy (non-hydrogen) atoms. The second-order valence-corrected chi connectivity index (χ2v) is 10.5. The zero-order chi connectivity index (χ0) is 23.8. The summed E-state index contributed by atoms with van der Waals surface area (Å²) in [6, 6.07) is 3.10. The molecule has 2 aliphatic heterocycles. The lowest BCUT2D eigenvalue weighted by Gasteiger charge is -2.32. The molecule has 1 saturated heterocycles. The van der Waals surface area contributed by atoms with Gasteiger partial charge in [-0.3, -0.25) is 10.4 Å². The minimum Gasteiger partial charge on any atom is -0.383 e. The van der Waals surface area contributed by atoms with E-state index in [0.29, 0.717) is 17.1 Å². The summed E-state index contributed by atoms with van der Waals surface area (Å²) >= 11 is 6.58. The fraction of sp³-hybridized carbons (Fsp3) is 0.720. The minimum absolute atomic E-state index is 0.0827. The number of methoxy groups -OCH3 is 1. The number of hydrogen-bond acceptors (Lipinski definition) is 7. The van der Waals surface area contributed by atoms with Gasteiger partial charge in [0.2, 0.25) is 0 Å². The molecular weight excluding hydrogens is 452 g/mol. The molecule has 1 aromatic rings. The Labute approximate surface area is 208 Å². The quantitative estimate of drug-likeness (QED) is 0.453. The third-order valence-corrected chi connectivity index (χ3v) is 7.63. The van der Waals surface area contributed by atoms with Crippen molar-refractivity contribution >= 4 is 29.5 Å². The van der Waals surface area contributed by atoms with E-state index in [1.807, 2.05) is 6.21 Å². The molecule has 1 saturated carbocycles. The molecule has 0 amide bonds. The molecule has 0 aromatic carbocycles. The van der Waals surface area contributed by atoms with Gasteiger partial charge in [-0.1, -0.05) is 18.5 Å². The van der Waals surface area contributed by atoms with Crippen LogP contribution in [0.3, 0.4) is 0 Å². The van der Waals surface area contributed by atoms with Crippen LogP contribution in [-0.4, -0.2) is 69.1 Å². The number of nitrogens with one attached hydrogen (secondary N) is 3. The van der Waals surface area contributed by atoms with Crippen molar-refractivity contribution in [2.45, 2.75) is 69.9 Å². The standard InChI is InChI=1S/C25H39ClN6O2/c1-25(7-10-34-11-8-25)17-29-24-13-18(15-30-32-24)21-14-23(28-16-22(21)26)31-20-5-3-19(4-6-20)27-9-12-33-2/h14-16,18-20,27H,3-13,17H2,1-2H3,(H,28,31)(H,29,32). The van der Waals surface area contributed by atoms with E-state index < -0.39 is 0 Å². The van der Waals surface area contributed by atoms with E-state index in [1.165, 1.54) is 0 Å². The topological polar surface area (TPSA) is 92.2 Å². The molecule has 188 valence electrons. The van der Waals surface area contributed by atoms with Crippen LogP contribution >= 0.6 is 11.6 Å². The van der Waals surface area contributed by atoms with Crippen molar-refractivity contribution in [1.29, 1.82) is 0 Å². The smallest absolute Gasteiger partial charge is 0.126 e. The highest BCUT2D eigenvalue weighted by Gasteiger charge is 2.28. The molecule has 0 bridgehead atoms. The Morgan fingerprint density at radius 1 is 1.24 bits per heavy atom. The number of aromatic nitrogens is 1. The van der Waals surface area contributed by atoms with Crippen LogP contribution in [0.4, 0.5) is 5.82 Å². The van der Waals surface area contributed by atoms with Gasteiger partial charge in [0.25, 0.3) is 0 Å². The molecule has 1 unspecified atom stereocenters. The Kier molecular flexibility index (Phi) is 9.17. The summed E-state index contributed by atoms with van der Waals surface area (Å²) in [5, 5.41) is 12.3. The SMILES string of the molecule is COCCNC1CCC(Nc2cc(C3C=NNC(=NCC4(C)CCOCC4)C3)c(Cl)cn2)CC1. The zero-order valence-corrected chi connectivity index (χ0v) is 21.2. The largest absolute Gasteiger partial charge is 0.383 e. The second kappa shape index (κ2) is 12.3. The summed E-state index contributed by atoms with van der Waals surface area (Å²) < 4.78 is 10.7. The lowest BCUT2D eigenvalue weighted by Crippen LogP contribution is -2.38. The Hall–Kier alpha value is -1.74. The van der Waals surface area contributed by atoms with Gasteiger partial charge in [0, 0.05) is 70.2 Å². The normalized spacial score (nSPS) is 28.0. The molecule has 0 spiro atoms. The maximum absolute atomic E-state index is 6.58. The van der Waals surface area contributed by atoms with Gasteiger partial charge >= 0.3 is 0 Å². The second-order valence-electron chi connectivity index (χ2n) is 10.1. The number of hydrazone groups is 1. The monoisotopic (exact) mass is 490 g/mol. The Balaban J connectivity index is 1.33. The summed E-state index contributed by atoms with van der Waals surface area (Å²) in [5.41, 5.74) is 4.35. The van der Waals surface area contributed by atoms with Crippen molar-refractivity contribution in [2.75, 3.05) is 45.3 Å². The fourth-order valence-corrected chi connectivity index (χ4v) is 5.18. The number of pyridine rings is 1. The molecule has 0 radical (unpaired) electrons. The predicted molar refractivity (Wildman–Crippen MR) is 138 cm³/mol. The Bertz CT molecular complexity index is 850. The van der Waals surface area contributed by atoms with Crippen LogP contribution in [0.25, 0.3) is 0 Å². The van der Waals surface area contributed by atoms with Crippen molar-refractivity contribution in [3.63, 3.8) is 0 Å². The summed E-state index contributed by atoms with van der Waals surface area (Å²) in [7, 11) is 1.74. The third kappa shape index (κ3) is 7.13. The fourth-order valence-electron chi connectivity index (χ4n) is 4.94. The van der Waals surface area contributed by atoms with Crippen molar-refractivity contribution in [1.82, 2.24) is 15.7 Å². The average molecular weight is 491 g/mol. The van der Waals surface area contributed by atoms with Crippen molar-refractivity contribution < 1.29 is 9.47 Å². The summed E-state index contributed by atoms with van der Waals surface area (Å²) in [4.78, 5) is 9.44. The van der Waals surface area contributed by atoms with Crippen molar-refractivity contribution in [3.05, 3.63) is 22.8 Å². The molecule has 1 atom stereocenters. The van der Waals surface area contributed by atoms with Crippen molar-refractivity contribution in [3.8, 4) is 0 Å². The van der Waals surface area contributed by atoms with Gasteiger partial charge in [0.1, 0.15) is 11.7 Å². The van der Waals surface area contributed by atoms with E-state index in [-0.39, 0.29) is 11.3 Å². The van der Waals surface area contributed by atoms with E-state index in [1.54, 1.807) is 13.3 Å². The van der Waals surface area contributed by atoms with Crippen LogP contribution in [0.5, 0.6) is 0 Å². The molecular formula is C25H39ClN6O2. The highest BCUT2D eigenvalue weighted by molar-refractivity contribution is 6.31. The summed E-state index contributed by atoms with van der Waals surface area (Å²) in [6.07, 6.45) is 11.1. The van der Waals surface area contributed by atoms with E-state index in [4.69, 9.17) is 26.1 Å². The lowest BCUT2D eigenvalue weighted by molar-refractivity contribution is 0.0283. The van der Waals surface area contributed by atoms with Gasteiger partial charge in [-0.25, -0.2) is 4.98 Å². The highest BCUT2D eigenvalue weighted by atomic mass is 35.5. The summed E-state index contributed by atoms with van der Waals surface area (Å²) in [5.74, 6) is 1.89. The molecule has 1 aromatic heterocycles. The minimum atomic E-state index is 0.0827. The first kappa shape index (κ1) is 25.4. The third-order valence-electron chi connectivity index (χ3n) is 7.32. The van der Waals surface area contributed by atoms with Crippen LogP contribution in [0.15, 0.2) is 22.4 Å². The maximum Gasteiger partial charge on any atom is 0.126 e. The van der Waals surface area contributed by atoms with Crippen LogP contribution in [-0.2, 0) is 9.47 Å². The molecule has 3 heterocycles. The number of amidine groups is 1. The molecule has 9 heteroatoms. The lowest BCUT2D eigenvalue weighted by atomic mass is 9.82. The van der Waals surface area contributed by atoms with Crippen LogP contribution in [0.2, 0.25) is 5.02 Å². The van der Waals surface area contributed by atoms with Crippen LogP contribution in [0, 0.1) is 5.41 Å². The van der Waals surface area contributed by atoms with Gasteiger partial charge in [-0.15, -0.1) is 0 Å². The predicted octanol–water partition coefficient (Wildman–Crippen LogP) is 3.97. The van der Waals surface area contributed by atoms with Gasteiger partial charge in [0.15, 0.2) is 0 Å². The number of hydrogen-bond donors (Lipinski definition) is 3. The van der Waals surface area contributed by atoms with Gasteiger partial charge in [-0.2, -0.15) is 5.10 Å². The molecule has 8 nitrogen and oxygen atoms in total. The zero-order valence-electron chi connectivity index (χ0n) is 20.5.